The van der Waals surface area contributed by atoms with Gasteiger partial charge in [0.15, 0.2) is 0 Å². The second-order valence-corrected chi connectivity index (χ2v) is 3.73. The first-order valence-corrected chi connectivity index (χ1v) is 5.05. The lowest BCUT2D eigenvalue weighted by molar-refractivity contribution is -0.129. The molecule has 1 aliphatic rings. The maximum absolute atomic E-state index is 11.3. The minimum absolute atomic E-state index is 0.279. The van der Waals surface area contributed by atoms with Crippen LogP contribution < -0.4 is 5.32 Å². The second-order valence-electron chi connectivity index (χ2n) is 3.73. The van der Waals surface area contributed by atoms with E-state index in [2.05, 4.69) is 19.2 Å². The molecule has 2 heteroatoms. The fourth-order valence-electron chi connectivity index (χ4n) is 1.68. The van der Waals surface area contributed by atoms with Crippen LogP contribution in [0.3, 0.4) is 0 Å². The Morgan fingerprint density at radius 1 is 1.42 bits per heavy atom. The lowest BCUT2D eigenvalue weighted by atomic mass is 9.73. The molecule has 0 saturated heterocycles. The summed E-state index contributed by atoms with van der Waals surface area (Å²) in [6.07, 6.45) is 4.51. The van der Waals surface area contributed by atoms with Crippen molar-refractivity contribution in [2.24, 2.45) is 11.8 Å². The quantitative estimate of drug-likeness (QED) is 0.684. The summed E-state index contributed by atoms with van der Waals surface area (Å²) in [5.74, 6) is 1.44. The number of carbonyl (C=O) groups excluding carboxylic acids is 1. The van der Waals surface area contributed by atoms with Crippen molar-refractivity contribution in [3.63, 3.8) is 0 Å². The Bertz CT molecular complexity index is 150. The molecule has 0 aliphatic heterocycles. The summed E-state index contributed by atoms with van der Waals surface area (Å²) in [7, 11) is 0. The molecule has 1 rings (SSSR count). The van der Waals surface area contributed by atoms with Gasteiger partial charge in [0.2, 0.25) is 5.91 Å². The van der Waals surface area contributed by atoms with Crippen LogP contribution in [-0.4, -0.2) is 12.5 Å². The Hall–Kier alpha value is -0.530. The van der Waals surface area contributed by atoms with Gasteiger partial charge in [-0.25, -0.2) is 0 Å². The molecule has 0 unspecified atom stereocenters. The van der Waals surface area contributed by atoms with Gasteiger partial charge in [-0.15, -0.1) is 0 Å². The normalized spacial score (nSPS) is 27.8. The predicted molar refractivity (Wildman–Crippen MR) is 49.8 cm³/mol. The van der Waals surface area contributed by atoms with Gasteiger partial charge < -0.3 is 5.32 Å². The van der Waals surface area contributed by atoms with Crippen molar-refractivity contribution in [3.8, 4) is 0 Å². The highest BCUT2D eigenvalue weighted by atomic mass is 16.1. The number of hydrogen-bond donors (Lipinski definition) is 1. The molecule has 2 nitrogen and oxygen atoms in total. The number of rotatable bonds is 4. The number of nitrogens with one attached hydrogen (secondary N) is 1. The minimum Gasteiger partial charge on any atom is -0.356 e. The Morgan fingerprint density at radius 3 is 2.58 bits per heavy atom. The first-order valence-electron chi connectivity index (χ1n) is 5.05. The van der Waals surface area contributed by atoms with Gasteiger partial charge in [0.1, 0.15) is 0 Å². The molecule has 12 heavy (non-hydrogen) atoms. The minimum atomic E-state index is 0.279. The van der Waals surface area contributed by atoms with Gasteiger partial charge in [-0.3, -0.25) is 4.79 Å². The van der Waals surface area contributed by atoms with Crippen LogP contribution in [0, 0.1) is 11.8 Å². The van der Waals surface area contributed by atoms with E-state index in [4.69, 9.17) is 0 Å². The highest BCUT2D eigenvalue weighted by molar-refractivity contribution is 5.79. The fourth-order valence-corrected chi connectivity index (χ4v) is 1.68. The van der Waals surface area contributed by atoms with E-state index in [1.54, 1.807) is 0 Å². The van der Waals surface area contributed by atoms with E-state index < -0.39 is 0 Å². The SMILES string of the molecule is CCCNC(=O)C1CC(CC)C1. The molecular formula is C10H19NO. The van der Waals surface area contributed by atoms with Crippen molar-refractivity contribution >= 4 is 5.91 Å². The monoisotopic (exact) mass is 169 g/mol. The zero-order valence-electron chi connectivity index (χ0n) is 8.10. The van der Waals surface area contributed by atoms with Crippen LogP contribution >= 0.6 is 0 Å². The van der Waals surface area contributed by atoms with E-state index in [1.165, 1.54) is 6.42 Å². The number of carbonyl (C=O) groups is 1. The molecule has 0 radical (unpaired) electrons. The molecule has 1 saturated carbocycles. The molecule has 1 fully saturated rings. The summed E-state index contributed by atoms with van der Waals surface area (Å²) in [5, 5.41) is 2.94. The van der Waals surface area contributed by atoms with E-state index in [1.807, 2.05) is 0 Å². The lowest BCUT2D eigenvalue weighted by Gasteiger charge is -2.33. The zero-order chi connectivity index (χ0) is 8.97. The summed E-state index contributed by atoms with van der Waals surface area (Å²) in [5.41, 5.74) is 0. The zero-order valence-corrected chi connectivity index (χ0v) is 8.10. The lowest BCUT2D eigenvalue weighted by Crippen LogP contribution is -2.38. The van der Waals surface area contributed by atoms with Crippen LogP contribution in [0.15, 0.2) is 0 Å². The molecule has 1 amide bonds. The van der Waals surface area contributed by atoms with Crippen molar-refractivity contribution < 1.29 is 4.79 Å². The highest BCUT2D eigenvalue weighted by Gasteiger charge is 2.32. The van der Waals surface area contributed by atoms with Crippen molar-refractivity contribution in [2.75, 3.05) is 6.54 Å². The van der Waals surface area contributed by atoms with Crippen molar-refractivity contribution in [2.45, 2.75) is 39.5 Å². The average molecular weight is 169 g/mol. The van der Waals surface area contributed by atoms with Crippen molar-refractivity contribution in [1.82, 2.24) is 5.32 Å². The molecule has 0 atom stereocenters. The van der Waals surface area contributed by atoms with Gasteiger partial charge in [-0.05, 0) is 25.2 Å². The van der Waals surface area contributed by atoms with Crippen LogP contribution in [0.5, 0.6) is 0 Å². The van der Waals surface area contributed by atoms with Gasteiger partial charge in [0.25, 0.3) is 0 Å². The summed E-state index contributed by atoms with van der Waals surface area (Å²) >= 11 is 0. The third-order valence-corrected chi connectivity index (χ3v) is 2.73. The van der Waals surface area contributed by atoms with Crippen LogP contribution in [0.2, 0.25) is 0 Å². The van der Waals surface area contributed by atoms with Gasteiger partial charge in [0, 0.05) is 12.5 Å². The first kappa shape index (κ1) is 9.56. The molecule has 70 valence electrons. The average Bonchev–Trinajstić information content (AvgIpc) is 1.99. The van der Waals surface area contributed by atoms with Gasteiger partial charge in [-0.1, -0.05) is 20.3 Å². The van der Waals surface area contributed by atoms with Crippen LogP contribution in [0.25, 0.3) is 0 Å². The summed E-state index contributed by atoms with van der Waals surface area (Å²) in [4.78, 5) is 11.3. The Labute approximate surface area is 74.7 Å². The molecule has 1 aliphatic carbocycles. The highest BCUT2D eigenvalue weighted by Crippen LogP contribution is 2.35. The van der Waals surface area contributed by atoms with Crippen LogP contribution in [-0.2, 0) is 4.79 Å². The van der Waals surface area contributed by atoms with E-state index in [0.717, 1.165) is 31.7 Å². The maximum Gasteiger partial charge on any atom is 0.223 e. The molecule has 0 heterocycles. The molecular weight excluding hydrogens is 150 g/mol. The van der Waals surface area contributed by atoms with E-state index in [-0.39, 0.29) is 5.91 Å². The number of amides is 1. The maximum atomic E-state index is 11.3. The topological polar surface area (TPSA) is 29.1 Å². The Kier molecular flexibility index (Phi) is 3.57. The van der Waals surface area contributed by atoms with E-state index >= 15 is 0 Å². The van der Waals surface area contributed by atoms with Crippen LogP contribution in [0.4, 0.5) is 0 Å². The van der Waals surface area contributed by atoms with Crippen LogP contribution in [0.1, 0.15) is 39.5 Å². The molecule has 0 spiro atoms. The molecule has 1 N–H and O–H groups in total. The molecule has 0 aromatic heterocycles. The third-order valence-electron chi connectivity index (χ3n) is 2.73. The van der Waals surface area contributed by atoms with Gasteiger partial charge in [-0.2, -0.15) is 0 Å². The summed E-state index contributed by atoms with van der Waals surface area (Å²) in [6, 6.07) is 0. The standard InChI is InChI=1S/C10H19NO/c1-3-5-11-10(12)9-6-8(4-2)7-9/h8-9H,3-7H2,1-2H3,(H,11,12). The molecule has 0 aromatic carbocycles. The Balaban J connectivity index is 2.11. The first-order chi connectivity index (χ1) is 5.77. The van der Waals surface area contributed by atoms with E-state index in [0.29, 0.717) is 5.92 Å². The predicted octanol–water partition coefficient (Wildman–Crippen LogP) is 1.95. The smallest absolute Gasteiger partial charge is 0.223 e. The Morgan fingerprint density at radius 2 is 2.08 bits per heavy atom. The number of hydrogen-bond acceptors (Lipinski definition) is 1. The summed E-state index contributed by atoms with van der Waals surface area (Å²) in [6.45, 7) is 5.12. The summed E-state index contributed by atoms with van der Waals surface area (Å²) < 4.78 is 0. The van der Waals surface area contributed by atoms with Crippen molar-refractivity contribution in [3.05, 3.63) is 0 Å². The van der Waals surface area contributed by atoms with Gasteiger partial charge in [0.05, 0.1) is 0 Å². The largest absolute Gasteiger partial charge is 0.356 e. The van der Waals surface area contributed by atoms with Crippen molar-refractivity contribution in [1.29, 1.82) is 0 Å². The third kappa shape index (κ3) is 2.23. The second kappa shape index (κ2) is 4.48. The van der Waals surface area contributed by atoms with Gasteiger partial charge >= 0.3 is 0 Å². The van der Waals surface area contributed by atoms with E-state index in [9.17, 15) is 4.79 Å². The molecule has 0 bridgehead atoms. The molecule has 0 aromatic rings. The fraction of sp³-hybridized carbons (Fsp3) is 0.900.